The fourth-order valence-electron chi connectivity index (χ4n) is 1.11. The molecule has 14 heavy (non-hydrogen) atoms. The van der Waals surface area contributed by atoms with E-state index in [9.17, 15) is 4.79 Å². The van der Waals surface area contributed by atoms with Gasteiger partial charge in [0.15, 0.2) is 0 Å². The van der Waals surface area contributed by atoms with E-state index in [1.54, 1.807) is 7.05 Å². The third-order valence-electron chi connectivity index (χ3n) is 1.75. The first-order chi connectivity index (χ1) is 6.72. The number of urea groups is 1. The molecule has 0 radical (unpaired) electrons. The molecule has 0 saturated carbocycles. The van der Waals surface area contributed by atoms with Crippen LogP contribution in [0.25, 0.3) is 0 Å². The zero-order valence-electron chi connectivity index (χ0n) is 8.03. The number of hydrogen-bond acceptors (Lipinski definition) is 2. The lowest BCUT2D eigenvalue weighted by atomic mass is 10.1. The molecule has 0 spiro atoms. The molecular weight excluding hydrogens is 178 g/mol. The van der Waals surface area contributed by atoms with Crippen molar-refractivity contribution in [1.29, 1.82) is 0 Å². The number of rotatable bonds is 2. The number of aliphatic imine (C=N–C) groups is 1. The molecule has 0 aromatic heterocycles. The van der Waals surface area contributed by atoms with Crippen LogP contribution in [-0.2, 0) is 6.42 Å². The second kappa shape index (κ2) is 5.01. The van der Waals surface area contributed by atoms with Gasteiger partial charge >= 0.3 is 6.03 Å². The number of nitrogens with two attached hydrogens (primary N) is 1. The number of carbonyl (C=O) groups excluding carboxylic acids is 1. The van der Waals surface area contributed by atoms with E-state index in [0.29, 0.717) is 12.3 Å². The third-order valence-corrected chi connectivity index (χ3v) is 1.75. The first-order valence-electron chi connectivity index (χ1n) is 4.28. The molecule has 2 amide bonds. The highest BCUT2D eigenvalue weighted by Crippen LogP contribution is 1.99. The van der Waals surface area contributed by atoms with E-state index in [1.165, 1.54) is 0 Å². The summed E-state index contributed by atoms with van der Waals surface area (Å²) >= 11 is 0. The van der Waals surface area contributed by atoms with Crippen LogP contribution in [-0.4, -0.2) is 18.9 Å². The Morgan fingerprint density at radius 3 is 2.57 bits per heavy atom. The van der Waals surface area contributed by atoms with E-state index in [-0.39, 0.29) is 0 Å². The maximum atomic E-state index is 10.6. The number of nitrogens with zero attached hydrogens (tertiary/aromatic N) is 1. The highest BCUT2D eigenvalue weighted by Gasteiger charge is 2.01. The van der Waals surface area contributed by atoms with Crippen LogP contribution in [0.1, 0.15) is 5.56 Å². The zero-order chi connectivity index (χ0) is 10.4. The lowest BCUT2D eigenvalue weighted by Crippen LogP contribution is -2.36. The van der Waals surface area contributed by atoms with Gasteiger partial charge < -0.3 is 5.73 Å². The summed E-state index contributed by atoms with van der Waals surface area (Å²) in [5.74, 6) is 0.573. The van der Waals surface area contributed by atoms with Gasteiger partial charge in [-0.2, -0.15) is 0 Å². The summed E-state index contributed by atoms with van der Waals surface area (Å²) in [5, 5.41) is 2.47. The molecule has 1 rings (SSSR count). The predicted octanol–water partition coefficient (Wildman–Crippen LogP) is 0.926. The van der Waals surface area contributed by atoms with Crippen molar-refractivity contribution in [3.8, 4) is 0 Å². The van der Waals surface area contributed by atoms with Crippen LogP contribution < -0.4 is 11.1 Å². The summed E-state index contributed by atoms with van der Waals surface area (Å²) in [6.45, 7) is 0. The topological polar surface area (TPSA) is 67.5 Å². The van der Waals surface area contributed by atoms with Crippen molar-refractivity contribution in [3.05, 3.63) is 35.9 Å². The summed E-state index contributed by atoms with van der Waals surface area (Å²) in [4.78, 5) is 14.5. The summed E-state index contributed by atoms with van der Waals surface area (Å²) in [5.41, 5.74) is 6.08. The molecule has 0 aliphatic carbocycles. The average Bonchev–Trinajstić information content (AvgIpc) is 2.17. The Morgan fingerprint density at radius 2 is 2.07 bits per heavy atom. The Hall–Kier alpha value is -1.84. The number of amidine groups is 1. The summed E-state index contributed by atoms with van der Waals surface area (Å²) < 4.78 is 0. The molecule has 74 valence electrons. The highest BCUT2D eigenvalue weighted by molar-refractivity contribution is 5.97. The molecule has 4 nitrogen and oxygen atoms in total. The second-order valence-electron chi connectivity index (χ2n) is 2.82. The smallest absolute Gasteiger partial charge is 0.317 e. The van der Waals surface area contributed by atoms with E-state index in [1.807, 2.05) is 30.3 Å². The van der Waals surface area contributed by atoms with E-state index in [0.717, 1.165) is 5.56 Å². The van der Waals surface area contributed by atoms with E-state index >= 15 is 0 Å². The molecule has 3 N–H and O–H groups in total. The summed E-state index contributed by atoms with van der Waals surface area (Å²) in [7, 11) is 1.62. The Morgan fingerprint density at radius 1 is 1.43 bits per heavy atom. The molecule has 0 bridgehead atoms. The van der Waals surface area contributed by atoms with Crippen molar-refractivity contribution < 1.29 is 4.79 Å². The normalized spacial score (nSPS) is 11.1. The molecule has 0 unspecified atom stereocenters. The van der Waals surface area contributed by atoms with Crippen LogP contribution in [0.15, 0.2) is 35.3 Å². The fraction of sp³-hybridized carbons (Fsp3) is 0.200. The first-order valence-corrected chi connectivity index (χ1v) is 4.28. The predicted molar refractivity (Wildman–Crippen MR) is 56.2 cm³/mol. The van der Waals surface area contributed by atoms with Gasteiger partial charge in [-0.25, -0.2) is 4.79 Å². The molecular formula is C10H13N3O. The van der Waals surface area contributed by atoms with Crippen molar-refractivity contribution in [2.75, 3.05) is 7.05 Å². The fourth-order valence-corrected chi connectivity index (χ4v) is 1.11. The highest BCUT2D eigenvalue weighted by atomic mass is 16.2. The number of hydrogen-bond donors (Lipinski definition) is 2. The molecule has 1 aromatic rings. The number of primary amides is 1. The number of carbonyl (C=O) groups is 1. The van der Waals surface area contributed by atoms with Crippen LogP contribution in [0.5, 0.6) is 0 Å². The van der Waals surface area contributed by atoms with Gasteiger partial charge in [0.2, 0.25) is 0 Å². The lowest BCUT2D eigenvalue weighted by molar-refractivity contribution is 0.253. The molecule has 0 aliphatic heterocycles. The minimum absolute atomic E-state index is 0.573. The molecule has 0 fully saturated rings. The standard InChI is InChI=1S/C10H13N3O/c1-12-9(13-10(11)14)7-8-5-3-2-4-6-8/h2-6H,7H2,1H3,(H3,11,12,13,14). The molecule has 0 aliphatic rings. The third kappa shape index (κ3) is 3.26. The quantitative estimate of drug-likeness (QED) is 0.530. The summed E-state index contributed by atoms with van der Waals surface area (Å²) in [6, 6.07) is 9.16. The van der Waals surface area contributed by atoms with Gasteiger partial charge in [-0.3, -0.25) is 10.3 Å². The van der Waals surface area contributed by atoms with Crippen molar-refractivity contribution in [2.45, 2.75) is 6.42 Å². The largest absolute Gasteiger partial charge is 0.351 e. The zero-order valence-corrected chi connectivity index (χ0v) is 8.03. The van der Waals surface area contributed by atoms with E-state index < -0.39 is 6.03 Å². The van der Waals surface area contributed by atoms with Gasteiger partial charge in [0, 0.05) is 13.5 Å². The molecule has 1 aromatic carbocycles. The SMILES string of the molecule is CN=C(Cc1ccccc1)NC(N)=O. The number of nitrogens with one attached hydrogen (secondary N) is 1. The van der Waals surface area contributed by atoms with Crippen LogP contribution in [0, 0.1) is 0 Å². The van der Waals surface area contributed by atoms with Gasteiger partial charge in [-0.1, -0.05) is 30.3 Å². The molecule has 0 heterocycles. The van der Waals surface area contributed by atoms with Crippen LogP contribution in [0.2, 0.25) is 0 Å². The summed E-state index contributed by atoms with van der Waals surface area (Å²) in [6.07, 6.45) is 0.584. The van der Waals surface area contributed by atoms with Crippen LogP contribution in [0.3, 0.4) is 0 Å². The van der Waals surface area contributed by atoms with Gasteiger partial charge in [0.1, 0.15) is 5.84 Å². The minimum atomic E-state index is -0.582. The Bertz CT molecular complexity index is 332. The van der Waals surface area contributed by atoms with Crippen molar-refractivity contribution in [1.82, 2.24) is 5.32 Å². The van der Waals surface area contributed by atoms with E-state index in [4.69, 9.17) is 5.73 Å². The monoisotopic (exact) mass is 191 g/mol. The van der Waals surface area contributed by atoms with E-state index in [2.05, 4.69) is 10.3 Å². The van der Waals surface area contributed by atoms with Crippen LogP contribution >= 0.6 is 0 Å². The molecule has 0 saturated heterocycles. The lowest BCUT2D eigenvalue weighted by Gasteiger charge is -2.05. The average molecular weight is 191 g/mol. The maximum Gasteiger partial charge on any atom is 0.317 e. The van der Waals surface area contributed by atoms with Gasteiger partial charge in [0.05, 0.1) is 0 Å². The van der Waals surface area contributed by atoms with Crippen molar-refractivity contribution in [3.63, 3.8) is 0 Å². The van der Waals surface area contributed by atoms with Crippen LogP contribution in [0.4, 0.5) is 4.79 Å². The van der Waals surface area contributed by atoms with Crippen molar-refractivity contribution in [2.24, 2.45) is 10.7 Å². The Kier molecular flexibility index (Phi) is 3.67. The molecule has 0 atom stereocenters. The first kappa shape index (κ1) is 10.2. The minimum Gasteiger partial charge on any atom is -0.351 e. The molecule has 4 heteroatoms. The van der Waals surface area contributed by atoms with Gasteiger partial charge in [-0.15, -0.1) is 0 Å². The van der Waals surface area contributed by atoms with Gasteiger partial charge in [-0.05, 0) is 5.56 Å². The number of benzene rings is 1. The van der Waals surface area contributed by atoms with Crippen molar-refractivity contribution >= 4 is 11.9 Å². The van der Waals surface area contributed by atoms with Gasteiger partial charge in [0.25, 0.3) is 0 Å². The second-order valence-corrected chi connectivity index (χ2v) is 2.82. The maximum absolute atomic E-state index is 10.6. The Labute approximate surface area is 82.8 Å². The Balaban J connectivity index is 2.63. The number of amides is 2.